The van der Waals surface area contributed by atoms with Crippen molar-refractivity contribution in [3.05, 3.63) is 0 Å². The summed E-state index contributed by atoms with van der Waals surface area (Å²) < 4.78 is 10.4. The fraction of sp³-hybridized carbons (Fsp3) is 0.909. The summed E-state index contributed by atoms with van der Waals surface area (Å²) >= 11 is 0. The summed E-state index contributed by atoms with van der Waals surface area (Å²) in [6, 6.07) is 0. The lowest BCUT2D eigenvalue weighted by atomic mass is 10.1. The van der Waals surface area contributed by atoms with Crippen molar-refractivity contribution >= 4 is 5.97 Å². The number of aliphatic hydroxyl groups is 1. The first kappa shape index (κ1) is 14.4. The Balaban J connectivity index is 3.41. The fourth-order valence-corrected chi connectivity index (χ4v) is 1.20. The van der Waals surface area contributed by atoms with Gasteiger partial charge in [0.2, 0.25) is 0 Å². The maximum absolute atomic E-state index is 10.8. The predicted molar refractivity (Wildman–Crippen MR) is 57.6 cm³/mol. The third-order valence-electron chi connectivity index (χ3n) is 2.13. The molecule has 0 aliphatic heterocycles. The van der Waals surface area contributed by atoms with Crippen LogP contribution in [0.25, 0.3) is 0 Å². The van der Waals surface area contributed by atoms with E-state index in [0.29, 0.717) is 19.6 Å². The van der Waals surface area contributed by atoms with Crippen molar-refractivity contribution in [2.45, 2.75) is 45.6 Å². The normalized spacial score (nSPS) is 12.5. The fourth-order valence-electron chi connectivity index (χ4n) is 1.20. The molecule has 0 aromatic heterocycles. The van der Waals surface area contributed by atoms with Gasteiger partial charge in [-0.1, -0.05) is 13.8 Å². The largest absolute Gasteiger partial charge is 0.463 e. The lowest BCUT2D eigenvalue weighted by Crippen LogP contribution is -2.17. The minimum atomic E-state index is -0.193. The molecule has 1 unspecified atom stereocenters. The van der Waals surface area contributed by atoms with Crippen molar-refractivity contribution in [3.63, 3.8) is 0 Å². The van der Waals surface area contributed by atoms with E-state index >= 15 is 0 Å². The molecule has 0 rings (SSSR count). The molecule has 0 bridgehead atoms. The summed E-state index contributed by atoms with van der Waals surface area (Å²) in [7, 11) is 0. The number of ether oxygens (including phenoxy) is 2. The third kappa shape index (κ3) is 8.39. The number of hydrogen-bond donors (Lipinski definition) is 1. The van der Waals surface area contributed by atoms with Gasteiger partial charge in [-0.25, -0.2) is 0 Å². The SMILES string of the molecule is CCC(=O)OCCOC(CC)CCCO. The molecule has 0 aromatic rings. The van der Waals surface area contributed by atoms with E-state index in [-0.39, 0.29) is 18.7 Å². The van der Waals surface area contributed by atoms with Crippen LogP contribution in [0.5, 0.6) is 0 Å². The zero-order valence-electron chi connectivity index (χ0n) is 9.70. The van der Waals surface area contributed by atoms with E-state index in [4.69, 9.17) is 14.6 Å². The van der Waals surface area contributed by atoms with Crippen LogP contribution in [0.3, 0.4) is 0 Å². The molecule has 0 aliphatic rings. The van der Waals surface area contributed by atoms with Crippen molar-refractivity contribution in [2.75, 3.05) is 19.8 Å². The van der Waals surface area contributed by atoms with Crippen LogP contribution >= 0.6 is 0 Å². The van der Waals surface area contributed by atoms with Crippen molar-refractivity contribution in [1.29, 1.82) is 0 Å². The number of carbonyl (C=O) groups is 1. The Hall–Kier alpha value is -0.610. The molecular formula is C11H22O4. The summed E-state index contributed by atoms with van der Waals surface area (Å²) in [4.78, 5) is 10.8. The molecule has 0 amide bonds. The molecule has 0 heterocycles. The first-order valence-electron chi connectivity index (χ1n) is 5.62. The van der Waals surface area contributed by atoms with Gasteiger partial charge in [0.05, 0.1) is 12.7 Å². The molecule has 15 heavy (non-hydrogen) atoms. The van der Waals surface area contributed by atoms with Crippen LogP contribution in [0.4, 0.5) is 0 Å². The first-order valence-corrected chi connectivity index (χ1v) is 5.62. The van der Waals surface area contributed by atoms with E-state index in [2.05, 4.69) is 0 Å². The molecule has 90 valence electrons. The highest BCUT2D eigenvalue weighted by atomic mass is 16.6. The summed E-state index contributed by atoms with van der Waals surface area (Å²) in [5.41, 5.74) is 0. The molecule has 0 fully saturated rings. The van der Waals surface area contributed by atoms with Gasteiger partial charge in [-0.15, -0.1) is 0 Å². The Morgan fingerprint density at radius 3 is 2.60 bits per heavy atom. The van der Waals surface area contributed by atoms with Gasteiger partial charge in [0.25, 0.3) is 0 Å². The average molecular weight is 218 g/mol. The minimum Gasteiger partial charge on any atom is -0.463 e. The van der Waals surface area contributed by atoms with E-state index < -0.39 is 0 Å². The molecule has 0 aromatic carbocycles. The van der Waals surface area contributed by atoms with Gasteiger partial charge >= 0.3 is 5.97 Å². The molecule has 0 aliphatic carbocycles. The highest BCUT2D eigenvalue weighted by Crippen LogP contribution is 2.05. The van der Waals surface area contributed by atoms with Crippen molar-refractivity contribution in [1.82, 2.24) is 0 Å². The topological polar surface area (TPSA) is 55.8 Å². The molecule has 0 saturated carbocycles. The molecule has 0 spiro atoms. The van der Waals surface area contributed by atoms with Crippen molar-refractivity contribution in [2.24, 2.45) is 0 Å². The standard InChI is InChI=1S/C11H22O4/c1-3-10(6-5-7-12)14-8-9-15-11(13)4-2/h10,12H,3-9H2,1-2H3. The van der Waals surface area contributed by atoms with Crippen LogP contribution in [0.15, 0.2) is 0 Å². The van der Waals surface area contributed by atoms with E-state index in [1.54, 1.807) is 6.92 Å². The van der Waals surface area contributed by atoms with Crippen LogP contribution in [0.2, 0.25) is 0 Å². The van der Waals surface area contributed by atoms with Crippen LogP contribution in [0.1, 0.15) is 39.5 Å². The Bertz CT molecular complexity index is 159. The average Bonchev–Trinajstić information content (AvgIpc) is 2.27. The van der Waals surface area contributed by atoms with Crippen molar-refractivity contribution in [3.8, 4) is 0 Å². The zero-order chi connectivity index (χ0) is 11.5. The van der Waals surface area contributed by atoms with Crippen LogP contribution in [0, 0.1) is 0 Å². The molecule has 0 saturated heterocycles. The van der Waals surface area contributed by atoms with Gasteiger partial charge in [-0.05, 0) is 19.3 Å². The number of carbonyl (C=O) groups excluding carboxylic acids is 1. The predicted octanol–water partition coefficient (Wildman–Crippen LogP) is 1.51. The van der Waals surface area contributed by atoms with Gasteiger partial charge in [0.15, 0.2) is 0 Å². The second-order valence-corrected chi connectivity index (χ2v) is 3.34. The molecule has 4 nitrogen and oxygen atoms in total. The Morgan fingerprint density at radius 2 is 2.07 bits per heavy atom. The Morgan fingerprint density at radius 1 is 1.33 bits per heavy atom. The van der Waals surface area contributed by atoms with Gasteiger partial charge in [-0.2, -0.15) is 0 Å². The molecule has 1 N–H and O–H groups in total. The highest BCUT2D eigenvalue weighted by molar-refractivity contribution is 5.68. The molecule has 1 atom stereocenters. The monoisotopic (exact) mass is 218 g/mol. The number of rotatable bonds is 9. The number of esters is 1. The second-order valence-electron chi connectivity index (χ2n) is 3.34. The van der Waals surface area contributed by atoms with Crippen LogP contribution in [-0.2, 0) is 14.3 Å². The van der Waals surface area contributed by atoms with E-state index in [0.717, 1.165) is 19.3 Å². The quantitative estimate of drug-likeness (QED) is 0.471. The van der Waals surface area contributed by atoms with Gasteiger partial charge in [0, 0.05) is 13.0 Å². The third-order valence-corrected chi connectivity index (χ3v) is 2.13. The minimum absolute atomic E-state index is 0.164. The summed E-state index contributed by atoms with van der Waals surface area (Å²) in [5, 5.41) is 8.66. The lowest BCUT2D eigenvalue weighted by molar-refractivity contribution is -0.145. The smallest absolute Gasteiger partial charge is 0.305 e. The number of aliphatic hydroxyl groups excluding tert-OH is 1. The summed E-state index contributed by atoms with van der Waals surface area (Å²) in [6.45, 7) is 4.77. The second kappa shape index (κ2) is 9.93. The molecular weight excluding hydrogens is 196 g/mol. The van der Waals surface area contributed by atoms with E-state index in [9.17, 15) is 4.79 Å². The zero-order valence-corrected chi connectivity index (χ0v) is 9.70. The van der Waals surface area contributed by atoms with E-state index in [1.807, 2.05) is 6.92 Å². The lowest BCUT2D eigenvalue weighted by Gasteiger charge is -2.15. The van der Waals surface area contributed by atoms with E-state index in [1.165, 1.54) is 0 Å². The van der Waals surface area contributed by atoms with Crippen LogP contribution in [-0.4, -0.2) is 37.0 Å². The first-order chi connectivity index (χ1) is 7.24. The Labute approximate surface area is 91.6 Å². The summed E-state index contributed by atoms with van der Waals surface area (Å²) in [5.74, 6) is -0.193. The maximum Gasteiger partial charge on any atom is 0.305 e. The summed E-state index contributed by atoms with van der Waals surface area (Å²) in [6.07, 6.45) is 3.10. The van der Waals surface area contributed by atoms with Crippen molar-refractivity contribution < 1.29 is 19.4 Å². The molecule has 0 radical (unpaired) electrons. The van der Waals surface area contributed by atoms with Crippen LogP contribution < -0.4 is 0 Å². The maximum atomic E-state index is 10.8. The highest BCUT2D eigenvalue weighted by Gasteiger charge is 2.06. The van der Waals surface area contributed by atoms with Gasteiger partial charge < -0.3 is 14.6 Å². The molecule has 4 heteroatoms. The number of hydrogen-bond acceptors (Lipinski definition) is 4. The Kier molecular flexibility index (Phi) is 9.52. The van der Waals surface area contributed by atoms with Gasteiger partial charge in [-0.3, -0.25) is 4.79 Å². The van der Waals surface area contributed by atoms with Gasteiger partial charge in [0.1, 0.15) is 6.61 Å².